The smallest absolute Gasteiger partial charge is 0.442 e. The van der Waals surface area contributed by atoms with Gasteiger partial charge in [0.05, 0.1) is 18.8 Å². The van der Waals surface area contributed by atoms with E-state index in [1.807, 2.05) is 13.8 Å². The van der Waals surface area contributed by atoms with Crippen LogP contribution in [-0.2, 0) is 62.9 Å². The van der Waals surface area contributed by atoms with E-state index in [9.17, 15) is 47.9 Å². The first-order chi connectivity index (χ1) is 24.7. The monoisotopic (exact) mass is 789 g/mol. The molecule has 1 fully saturated rings. The zero-order valence-corrected chi connectivity index (χ0v) is 31.6. The van der Waals surface area contributed by atoms with Gasteiger partial charge in [-0.05, 0) is 33.6 Å². The van der Waals surface area contributed by atoms with Gasteiger partial charge in [0.25, 0.3) is 5.56 Å². The van der Waals surface area contributed by atoms with Gasteiger partial charge in [-0.2, -0.15) is 0 Å². The average molecular weight is 790 g/mol. The molecule has 0 spiro atoms. The Morgan fingerprint density at radius 2 is 1.55 bits per heavy atom. The van der Waals surface area contributed by atoms with Crippen molar-refractivity contribution >= 4 is 32.4 Å². The highest BCUT2D eigenvalue weighted by Crippen LogP contribution is 2.51. The third-order valence-electron chi connectivity index (χ3n) is 6.91. The zero-order valence-electron chi connectivity index (χ0n) is 30.7. The minimum atomic E-state index is -5.11. The quantitative estimate of drug-likeness (QED) is 0.0626. The lowest BCUT2D eigenvalue weighted by Gasteiger charge is -2.49. The fourth-order valence-corrected chi connectivity index (χ4v) is 5.11. The second kappa shape index (κ2) is 21.2. The molecule has 1 saturated heterocycles. The van der Waals surface area contributed by atoms with Crippen LogP contribution >= 0.6 is 7.82 Å². The maximum absolute atomic E-state index is 14.9. The van der Waals surface area contributed by atoms with Crippen molar-refractivity contribution in [1.29, 1.82) is 0 Å². The Morgan fingerprint density at radius 1 is 1.02 bits per heavy atom. The molecule has 2 rings (SSSR count). The first-order valence-corrected chi connectivity index (χ1v) is 17.7. The highest BCUT2D eigenvalue weighted by Gasteiger charge is 2.59. The first-order valence-electron chi connectivity index (χ1n) is 16.3. The summed E-state index contributed by atoms with van der Waals surface area (Å²) in [5.74, 6) is -1.29. The number of nitrogens with zero attached hydrogens (tertiary/aromatic N) is 2. The Hall–Kier alpha value is -3.76. The third-order valence-corrected chi connectivity index (χ3v) is 8.20. The summed E-state index contributed by atoms with van der Waals surface area (Å²) in [5, 5.41) is 22.1. The van der Waals surface area contributed by atoms with Crippen molar-refractivity contribution in [3.63, 3.8) is 0 Å². The Kier molecular flexibility index (Phi) is 18.9. The number of aliphatic hydroxyl groups excluding tert-OH is 1. The summed E-state index contributed by atoms with van der Waals surface area (Å²) < 4.78 is 73.8. The van der Waals surface area contributed by atoms with Crippen LogP contribution in [0.25, 0.3) is 0 Å². The number of aliphatic hydroxyl groups is 2. The predicted octanol–water partition coefficient (Wildman–Crippen LogP) is 1.63. The molecule has 23 heteroatoms. The van der Waals surface area contributed by atoms with Gasteiger partial charge >= 0.3 is 31.8 Å². The number of aldehydes is 1. The number of alkyl halides is 1. The average Bonchev–Trinajstić information content (AvgIpc) is 3.08. The molecule has 1 aliphatic rings. The number of phosphoric ester groups is 1. The maximum Gasteiger partial charge on any atom is 0.510 e. The van der Waals surface area contributed by atoms with Crippen LogP contribution in [0.15, 0.2) is 21.9 Å². The van der Waals surface area contributed by atoms with Gasteiger partial charge in [0.2, 0.25) is 13.6 Å². The van der Waals surface area contributed by atoms with Crippen molar-refractivity contribution in [2.24, 2.45) is 11.7 Å². The number of halogens is 1. The van der Waals surface area contributed by atoms with Crippen LogP contribution < -0.4 is 17.0 Å². The SMILES string of the molecule is CC.CC(C)OC(=O)OCOP(=O)(OCOC(=O)OC(C)C)OC[C@@]1(CF)O[C@@H](n2ccc(=O)n(COC(=O)C(N)C(C)C)c2=O)C[C@@](O)(C=O)[C@@H]1O. The third kappa shape index (κ3) is 13.6. The second-order valence-corrected chi connectivity index (χ2v) is 13.6. The van der Waals surface area contributed by atoms with Gasteiger partial charge in [-0.3, -0.25) is 18.7 Å². The lowest BCUT2D eigenvalue weighted by atomic mass is 9.79. The molecule has 0 bridgehead atoms. The van der Waals surface area contributed by atoms with Gasteiger partial charge in [-0.15, -0.1) is 0 Å². The maximum atomic E-state index is 14.9. The van der Waals surface area contributed by atoms with Crippen LogP contribution in [0.3, 0.4) is 0 Å². The van der Waals surface area contributed by atoms with Gasteiger partial charge in [0.15, 0.2) is 24.2 Å². The van der Waals surface area contributed by atoms with Crippen molar-refractivity contribution in [3.8, 4) is 0 Å². The highest BCUT2D eigenvalue weighted by molar-refractivity contribution is 7.48. The minimum absolute atomic E-state index is 0.164. The van der Waals surface area contributed by atoms with Crippen molar-refractivity contribution in [2.45, 2.75) is 110 Å². The van der Waals surface area contributed by atoms with Crippen molar-refractivity contribution < 1.29 is 80.3 Å². The van der Waals surface area contributed by atoms with E-state index >= 15 is 0 Å². The number of ether oxygens (including phenoxy) is 6. The normalized spacial score (nSPS) is 22.0. The molecule has 5 atom stereocenters. The summed E-state index contributed by atoms with van der Waals surface area (Å²) in [6, 6.07) is -0.267. The summed E-state index contributed by atoms with van der Waals surface area (Å²) in [7, 11) is -5.11. The topological polar surface area (TPSA) is 279 Å². The number of hydrogen-bond acceptors (Lipinski definition) is 19. The number of rotatable bonds is 18. The van der Waals surface area contributed by atoms with Crippen molar-refractivity contribution in [2.75, 3.05) is 26.9 Å². The summed E-state index contributed by atoms with van der Waals surface area (Å²) in [6.07, 6.45) is -8.33. The van der Waals surface area contributed by atoms with E-state index in [0.717, 1.165) is 12.3 Å². The van der Waals surface area contributed by atoms with Crippen LogP contribution in [0, 0.1) is 5.92 Å². The lowest BCUT2D eigenvalue weighted by Crippen LogP contribution is -2.67. The summed E-state index contributed by atoms with van der Waals surface area (Å²) in [4.78, 5) is 73.7. The van der Waals surface area contributed by atoms with E-state index in [1.54, 1.807) is 13.8 Å². The van der Waals surface area contributed by atoms with Crippen molar-refractivity contribution in [1.82, 2.24) is 9.13 Å². The molecular formula is C30H49FN3O18P. The lowest BCUT2D eigenvalue weighted by molar-refractivity contribution is -0.284. The van der Waals surface area contributed by atoms with Gasteiger partial charge in [-0.1, -0.05) is 27.7 Å². The van der Waals surface area contributed by atoms with Crippen LogP contribution in [0.2, 0.25) is 0 Å². The molecule has 0 saturated carbocycles. The Labute approximate surface area is 303 Å². The van der Waals surface area contributed by atoms with E-state index in [0.29, 0.717) is 9.13 Å². The fraction of sp³-hybridized carbons (Fsp3) is 0.733. The van der Waals surface area contributed by atoms with Gasteiger partial charge in [-0.25, -0.2) is 37.0 Å². The number of aromatic nitrogens is 2. The van der Waals surface area contributed by atoms with E-state index in [-0.39, 0.29) is 12.2 Å². The summed E-state index contributed by atoms with van der Waals surface area (Å²) in [6.45, 7) is 6.80. The molecule has 4 N–H and O–H groups in total. The molecule has 1 aromatic rings. The summed E-state index contributed by atoms with van der Waals surface area (Å²) in [5.41, 5.74) is -2.17. The van der Waals surface area contributed by atoms with Crippen molar-refractivity contribution in [3.05, 3.63) is 33.1 Å². The van der Waals surface area contributed by atoms with Gasteiger partial charge in [0.1, 0.15) is 25.0 Å². The molecule has 0 amide bonds. The predicted molar refractivity (Wildman–Crippen MR) is 177 cm³/mol. The molecule has 21 nitrogen and oxygen atoms in total. The number of carbonyl (C=O) groups is 4. The van der Waals surface area contributed by atoms with E-state index < -0.39 is 119 Å². The molecule has 0 aliphatic carbocycles. The first kappa shape index (κ1) is 47.3. The van der Waals surface area contributed by atoms with Gasteiger partial charge in [0, 0.05) is 18.7 Å². The Bertz CT molecular complexity index is 1500. The zero-order chi connectivity index (χ0) is 40.7. The molecule has 1 aromatic heterocycles. The fourth-order valence-electron chi connectivity index (χ4n) is 4.14. The minimum Gasteiger partial charge on any atom is -0.442 e. The highest BCUT2D eigenvalue weighted by atomic mass is 31.2. The van der Waals surface area contributed by atoms with E-state index in [1.165, 1.54) is 27.7 Å². The molecule has 2 heterocycles. The molecule has 1 unspecified atom stereocenters. The molecule has 1 aliphatic heterocycles. The molecule has 0 aromatic carbocycles. The van der Waals surface area contributed by atoms with Crippen LogP contribution in [-0.4, -0.2) is 106 Å². The van der Waals surface area contributed by atoms with Crippen LogP contribution in [0.5, 0.6) is 0 Å². The number of nitrogens with two attached hydrogens (primary N) is 1. The Morgan fingerprint density at radius 3 is 2.00 bits per heavy atom. The summed E-state index contributed by atoms with van der Waals surface area (Å²) >= 11 is 0. The Balaban J connectivity index is 0.00000690. The van der Waals surface area contributed by atoms with Crippen LogP contribution in [0.1, 0.15) is 68.0 Å². The van der Waals surface area contributed by atoms with E-state index in [2.05, 4.69) is 9.47 Å². The number of hydrogen-bond donors (Lipinski definition) is 3. The number of carbonyl (C=O) groups excluding carboxylic acids is 4. The van der Waals surface area contributed by atoms with Crippen LogP contribution in [0.4, 0.5) is 14.0 Å². The standard InChI is InChI=1S/C28H43FN3O18P.C2H6/c1-16(2)21(30)22(35)42-13-32-19(34)7-8-31(24(32)37)20-9-27(40,11-33)23(36)28(10-29,50-20)12-45-51(41,46-14-43-25(38)48-17(3)4)47-15-44-26(39)49-18(5)6;1-2/h7-8,11,16-18,20-21,23,36,40H,9-10,12-15,30H2,1-6H3;1-2H3/t20-,21?,23+,27-,28-;/m1./s1. The van der Waals surface area contributed by atoms with E-state index in [4.69, 9.17) is 38.3 Å². The molecular weight excluding hydrogens is 740 g/mol. The largest absolute Gasteiger partial charge is 0.510 e. The number of phosphoric acid groups is 1. The number of esters is 1. The second-order valence-electron chi connectivity index (χ2n) is 12.0. The molecule has 304 valence electrons. The molecule has 53 heavy (non-hydrogen) atoms. The van der Waals surface area contributed by atoms with Gasteiger partial charge < -0.3 is 49.2 Å². The molecule has 0 radical (unpaired) electrons.